The van der Waals surface area contributed by atoms with E-state index in [0.717, 1.165) is 5.69 Å². The van der Waals surface area contributed by atoms with Crippen LogP contribution in [0.25, 0.3) is 10.8 Å². The standard InChI is InChI=1S/C20H21FN6O3/c1-11(2)26-6-5-13-8-17(25-27(13)10-18(26)28)23-16-7-12-3-4-15(21)19(24-20(29)30)14(12)9-22-16/h3-4,7-9,11,24H,5-6,10H2,1-2H3,(H,29,30)(H,22,23,25). The normalized spacial score (nSPS) is 14.0. The van der Waals surface area contributed by atoms with Gasteiger partial charge in [-0.3, -0.25) is 14.8 Å². The molecule has 0 radical (unpaired) electrons. The molecule has 4 rings (SSSR count). The second-order valence-corrected chi connectivity index (χ2v) is 7.38. The zero-order valence-corrected chi connectivity index (χ0v) is 16.5. The maximum absolute atomic E-state index is 14.0. The van der Waals surface area contributed by atoms with Crippen molar-refractivity contribution in [1.82, 2.24) is 19.7 Å². The van der Waals surface area contributed by atoms with Gasteiger partial charge in [0.05, 0.1) is 5.69 Å². The van der Waals surface area contributed by atoms with Gasteiger partial charge in [-0.25, -0.2) is 14.2 Å². The number of hydrogen-bond donors (Lipinski definition) is 3. The fourth-order valence-electron chi connectivity index (χ4n) is 3.61. The predicted molar refractivity (Wildman–Crippen MR) is 109 cm³/mol. The number of rotatable bonds is 4. The fourth-order valence-corrected chi connectivity index (χ4v) is 3.61. The van der Waals surface area contributed by atoms with Gasteiger partial charge in [-0.1, -0.05) is 6.07 Å². The van der Waals surface area contributed by atoms with Crippen molar-refractivity contribution >= 4 is 40.1 Å². The Kier molecular flexibility index (Phi) is 4.98. The largest absolute Gasteiger partial charge is 0.465 e. The second kappa shape index (κ2) is 7.62. The maximum Gasteiger partial charge on any atom is 0.409 e. The first-order chi connectivity index (χ1) is 14.3. The van der Waals surface area contributed by atoms with E-state index in [0.29, 0.717) is 35.4 Å². The number of pyridine rings is 1. The molecule has 0 unspecified atom stereocenters. The van der Waals surface area contributed by atoms with Crippen LogP contribution in [0.4, 0.5) is 26.5 Å². The van der Waals surface area contributed by atoms with E-state index < -0.39 is 11.9 Å². The summed E-state index contributed by atoms with van der Waals surface area (Å²) in [5.41, 5.74) is 0.811. The van der Waals surface area contributed by atoms with Crippen LogP contribution in [0.15, 0.2) is 30.5 Å². The minimum absolute atomic E-state index is 0.0303. The number of benzene rings is 1. The molecule has 1 aliphatic heterocycles. The van der Waals surface area contributed by atoms with Crippen molar-refractivity contribution in [3.05, 3.63) is 42.0 Å². The lowest BCUT2D eigenvalue weighted by Crippen LogP contribution is -2.38. The van der Waals surface area contributed by atoms with Crippen LogP contribution in [-0.4, -0.2) is 49.4 Å². The quantitative estimate of drug-likeness (QED) is 0.607. The average Bonchev–Trinajstić information content (AvgIpc) is 2.97. The lowest BCUT2D eigenvalue weighted by molar-refractivity contribution is -0.133. The van der Waals surface area contributed by atoms with E-state index in [1.54, 1.807) is 16.8 Å². The molecule has 10 heteroatoms. The number of amides is 2. The maximum atomic E-state index is 14.0. The van der Waals surface area contributed by atoms with Crippen molar-refractivity contribution in [2.75, 3.05) is 17.2 Å². The van der Waals surface area contributed by atoms with Crippen molar-refractivity contribution in [2.24, 2.45) is 0 Å². The Labute approximate surface area is 171 Å². The van der Waals surface area contributed by atoms with Gasteiger partial charge in [-0.15, -0.1) is 0 Å². The number of halogens is 1. The molecule has 3 heterocycles. The third-order valence-electron chi connectivity index (χ3n) is 5.04. The Morgan fingerprint density at radius 2 is 2.07 bits per heavy atom. The lowest BCUT2D eigenvalue weighted by Gasteiger charge is -2.24. The van der Waals surface area contributed by atoms with Crippen LogP contribution in [0.1, 0.15) is 19.5 Å². The molecular weight excluding hydrogens is 391 g/mol. The molecule has 2 aromatic heterocycles. The van der Waals surface area contributed by atoms with Gasteiger partial charge in [0.15, 0.2) is 5.82 Å². The monoisotopic (exact) mass is 412 g/mol. The number of aromatic nitrogens is 3. The highest BCUT2D eigenvalue weighted by Gasteiger charge is 2.23. The smallest absolute Gasteiger partial charge is 0.409 e. The summed E-state index contributed by atoms with van der Waals surface area (Å²) in [4.78, 5) is 29.4. The number of hydrogen-bond acceptors (Lipinski definition) is 5. The number of carbonyl (C=O) groups is 2. The number of carbonyl (C=O) groups excluding carboxylic acids is 1. The number of carboxylic acid groups (broad SMARTS) is 1. The van der Waals surface area contributed by atoms with Crippen LogP contribution >= 0.6 is 0 Å². The minimum atomic E-state index is -1.35. The molecule has 0 saturated heterocycles. The first-order valence-electron chi connectivity index (χ1n) is 9.53. The molecule has 0 atom stereocenters. The highest BCUT2D eigenvalue weighted by atomic mass is 19.1. The Bertz CT molecular complexity index is 1140. The summed E-state index contributed by atoms with van der Waals surface area (Å²) in [6, 6.07) is 6.45. The zero-order valence-electron chi connectivity index (χ0n) is 16.5. The topological polar surface area (TPSA) is 112 Å². The summed E-state index contributed by atoms with van der Waals surface area (Å²) < 4.78 is 15.7. The SMILES string of the molecule is CC(C)N1CCc2cc(Nc3cc4ccc(F)c(NC(=O)O)c4cn3)nn2CC1=O. The van der Waals surface area contributed by atoms with E-state index in [9.17, 15) is 14.0 Å². The van der Waals surface area contributed by atoms with E-state index in [4.69, 9.17) is 5.11 Å². The van der Waals surface area contributed by atoms with E-state index in [1.807, 2.05) is 24.8 Å². The summed E-state index contributed by atoms with van der Waals surface area (Å²) in [7, 11) is 0. The van der Waals surface area contributed by atoms with E-state index in [2.05, 4.69) is 20.7 Å². The van der Waals surface area contributed by atoms with Crippen molar-refractivity contribution in [1.29, 1.82) is 0 Å². The molecule has 1 aliphatic rings. The molecule has 9 nitrogen and oxygen atoms in total. The number of nitrogens with zero attached hydrogens (tertiary/aromatic N) is 4. The van der Waals surface area contributed by atoms with Gasteiger partial charge in [0.1, 0.15) is 18.2 Å². The molecule has 0 aliphatic carbocycles. The fraction of sp³-hybridized carbons (Fsp3) is 0.300. The van der Waals surface area contributed by atoms with Gasteiger partial charge < -0.3 is 15.3 Å². The Morgan fingerprint density at radius 1 is 1.27 bits per heavy atom. The van der Waals surface area contributed by atoms with E-state index >= 15 is 0 Å². The molecule has 3 N–H and O–H groups in total. The Morgan fingerprint density at radius 3 is 2.80 bits per heavy atom. The van der Waals surface area contributed by atoms with Gasteiger partial charge >= 0.3 is 6.09 Å². The molecule has 1 aromatic carbocycles. The molecule has 2 amide bonds. The molecule has 0 spiro atoms. The first kappa shape index (κ1) is 19.6. The van der Waals surface area contributed by atoms with E-state index in [-0.39, 0.29) is 24.2 Å². The highest BCUT2D eigenvalue weighted by molar-refractivity contribution is 6.00. The third kappa shape index (κ3) is 3.76. The summed E-state index contributed by atoms with van der Waals surface area (Å²) in [6.45, 7) is 4.81. The summed E-state index contributed by atoms with van der Waals surface area (Å²) in [6.07, 6.45) is 0.748. The zero-order chi connectivity index (χ0) is 21.4. The van der Waals surface area contributed by atoms with Crippen LogP contribution in [-0.2, 0) is 17.8 Å². The van der Waals surface area contributed by atoms with Gasteiger partial charge in [-0.05, 0) is 31.4 Å². The number of fused-ring (bicyclic) bond motifs is 2. The van der Waals surface area contributed by atoms with Gasteiger partial charge in [0, 0.05) is 42.4 Å². The van der Waals surface area contributed by atoms with E-state index in [1.165, 1.54) is 12.3 Å². The second-order valence-electron chi connectivity index (χ2n) is 7.38. The summed E-state index contributed by atoms with van der Waals surface area (Å²) >= 11 is 0. The van der Waals surface area contributed by atoms with Gasteiger partial charge in [-0.2, -0.15) is 5.10 Å². The molecular formula is C20H21FN6O3. The molecule has 156 valence electrons. The summed E-state index contributed by atoms with van der Waals surface area (Å²) in [5, 5.41) is 19.5. The first-order valence-corrected chi connectivity index (χ1v) is 9.53. The van der Waals surface area contributed by atoms with Crippen LogP contribution in [0.3, 0.4) is 0 Å². The predicted octanol–water partition coefficient (Wildman–Crippen LogP) is 3.20. The molecule has 3 aromatic rings. The van der Waals surface area contributed by atoms with Crippen molar-refractivity contribution in [3.63, 3.8) is 0 Å². The average molecular weight is 412 g/mol. The Hall–Kier alpha value is -3.69. The molecule has 0 saturated carbocycles. The minimum Gasteiger partial charge on any atom is -0.465 e. The van der Waals surface area contributed by atoms with Crippen LogP contribution < -0.4 is 10.6 Å². The van der Waals surface area contributed by atoms with Crippen molar-refractivity contribution in [3.8, 4) is 0 Å². The third-order valence-corrected chi connectivity index (χ3v) is 5.04. The Balaban J connectivity index is 1.58. The van der Waals surface area contributed by atoms with Crippen LogP contribution in [0.2, 0.25) is 0 Å². The number of anilines is 3. The van der Waals surface area contributed by atoms with Gasteiger partial charge in [0.25, 0.3) is 0 Å². The van der Waals surface area contributed by atoms with Crippen molar-refractivity contribution in [2.45, 2.75) is 32.9 Å². The van der Waals surface area contributed by atoms with Crippen LogP contribution in [0, 0.1) is 5.82 Å². The summed E-state index contributed by atoms with van der Waals surface area (Å²) in [5.74, 6) is 0.375. The highest BCUT2D eigenvalue weighted by Crippen LogP contribution is 2.28. The van der Waals surface area contributed by atoms with Crippen molar-refractivity contribution < 1.29 is 19.1 Å². The molecule has 0 fully saturated rings. The lowest BCUT2D eigenvalue weighted by atomic mass is 10.1. The van der Waals surface area contributed by atoms with Gasteiger partial charge in [0.2, 0.25) is 5.91 Å². The molecule has 0 bridgehead atoms. The molecule has 30 heavy (non-hydrogen) atoms. The number of nitrogens with one attached hydrogen (secondary N) is 2. The van der Waals surface area contributed by atoms with Crippen LogP contribution in [0.5, 0.6) is 0 Å².